The molecule has 0 bridgehead atoms. The lowest BCUT2D eigenvalue weighted by Crippen LogP contribution is -2.47. The zero-order valence-electron chi connectivity index (χ0n) is 13.6. The molecule has 2 heterocycles. The fraction of sp³-hybridized carbons (Fsp3) is 0.444. The van der Waals surface area contributed by atoms with E-state index in [0.29, 0.717) is 0 Å². The van der Waals surface area contributed by atoms with E-state index >= 15 is 0 Å². The number of rotatable bonds is 4. The molecular formula is C18H21ClN4O. The van der Waals surface area contributed by atoms with Gasteiger partial charge in [-0.05, 0) is 30.9 Å². The standard InChI is InChI=1S/C18H21ClN4O/c19-17-16(22-10-8-21(9-11-22)13-14-6-7-14)12-20-23(18(17)24)15-4-2-1-3-5-15/h1-5,12,14H,6-11,13H2. The van der Waals surface area contributed by atoms with E-state index in [-0.39, 0.29) is 10.6 Å². The number of aromatic nitrogens is 2. The van der Waals surface area contributed by atoms with Crippen LogP contribution in [0.25, 0.3) is 5.69 Å². The minimum absolute atomic E-state index is 0.254. The van der Waals surface area contributed by atoms with Crippen LogP contribution in [0, 0.1) is 5.92 Å². The molecule has 2 aliphatic rings. The van der Waals surface area contributed by atoms with Crippen LogP contribution in [0.1, 0.15) is 12.8 Å². The van der Waals surface area contributed by atoms with Crippen molar-refractivity contribution in [3.63, 3.8) is 0 Å². The summed E-state index contributed by atoms with van der Waals surface area (Å²) in [6, 6.07) is 9.36. The molecule has 5 nitrogen and oxygen atoms in total. The molecule has 0 spiro atoms. The molecule has 1 aliphatic heterocycles. The highest BCUT2D eigenvalue weighted by Gasteiger charge is 2.27. The van der Waals surface area contributed by atoms with Crippen molar-refractivity contribution in [2.45, 2.75) is 12.8 Å². The molecule has 1 aromatic heterocycles. The van der Waals surface area contributed by atoms with E-state index in [0.717, 1.165) is 43.5 Å². The van der Waals surface area contributed by atoms with E-state index in [2.05, 4.69) is 14.9 Å². The molecule has 0 unspecified atom stereocenters. The Kier molecular flexibility index (Phi) is 4.29. The van der Waals surface area contributed by atoms with Crippen LogP contribution >= 0.6 is 11.6 Å². The fourth-order valence-corrected chi connectivity index (χ4v) is 3.48. The summed E-state index contributed by atoms with van der Waals surface area (Å²) in [5.74, 6) is 0.914. The molecule has 2 fully saturated rings. The van der Waals surface area contributed by atoms with E-state index in [9.17, 15) is 4.79 Å². The Balaban J connectivity index is 1.52. The molecule has 6 heteroatoms. The highest BCUT2D eigenvalue weighted by Crippen LogP contribution is 2.30. The van der Waals surface area contributed by atoms with Crippen LogP contribution in [0.15, 0.2) is 41.3 Å². The van der Waals surface area contributed by atoms with Crippen molar-refractivity contribution in [2.75, 3.05) is 37.6 Å². The van der Waals surface area contributed by atoms with Crippen LogP contribution in [0.3, 0.4) is 0 Å². The lowest BCUT2D eigenvalue weighted by molar-refractivity contribution is 0.248. The van der Waals surface area contributed by atoms with Crippen LogP contribution in [-0.2, 0) is 0 Å². The summed E-state index contributed by atoms with van der Waals surface area (Å²) in [5.41, 5.74) is 1.21. The first-order valence-electron chi connectivity index (χ1n) is 8.53. The van der Waals surface area contributed by atoms with Gasteiger partial charge in [0, 0.05) is 32.7 Å². The Hall–Kier alpha value is -1.85. The maximum Gasteiger partial charge on any atom is 0.292 e. The summed E-state index contributed by atoms with van der Waals surface area (Å²) >= 11 is 6.38. The minimum atomic E-state index is -0.263. The topological polar surface area (TPSA) is 41.4 Å². The average molecular weight is 345 g/mol. The normalized spacial score (nSPS) is 18.8. The summed E-state index contributed by atoms with van der Waals surface area (Å²) in [5, 5.41) is 4.58. The number of hydrogen-bond donors (Lipinski definition) is 0. The van der Waals surface area contributed by atoms with Gasteiger partial charge in [0.1, 0.15) is 5.02 Å². The number of nitrogens with zero attached hydrogens (tertiary/aromatic N) is 4. The minimum Gasteiger partial charge on any atom is -0.366 e. The Morgan fingerprint density at radius 2 is 1.79 bits per heavy atom. The zero-order valence-corrected chi connectivity index (χ0v) is 14.3. The van der Waals surface area contributed by atoms with E-state index in [4.69, 9.17) is 11.6 Å². The van der Waals surface area contributed by atoms with Crippen molar-refractivity contribution in [3.05, 3.63) is 51.9 Å². The van der Waals surface area contributed by atoms with Crippen LogP contribution in [-0.4, -0.2) is 47.4 Å². The third kappa shape index (κ3) is 3.19. The predicted octanol–water partition coefficient (Wildman–Crippen LogP) is 2.42. The monoisotopic (exact) mass is 344 g/mol. The van der Waals surface area contributed by atoms with Gasteiger partial charge in [-0.2, -0.15) is 9.78 Å². The predicted molar refractivity (Wildman–Crippen MR) is 96.2 cm³/mol. The largest absolute Gasteiger partial charge is 0.366 e. The lowest BCUT2D eigenvalue weighted by Gasteiger charge is -2.36. The van der Waals surface area contributed by atoms with Gasteiger partial charge in [0.05, 0.1) is 17.6 Å². The van der Waals surface area contributed by atoms with Gasteiger partial charge in [-0.1, -0.05) is 29.8 Å². The molecule has 4 rings (SSSR count). The maximum atomic E-state index is 12.6. The second-order valence-electron chi connectivity index (χ2n) is 6.63. The third-order valence-corrected chi connectivity index (χ3v) is 5.18. The summed E-state index contributed by atoms with van der Waals surface area (Å²) in [6.07, 6.45) is 4.48. The van der Waals surface area contributed by atoms with Crippen LogP contribution in [0.2, 0.25) is 5.02 Å². The summed E-state index contributed by atoms with van der Waals surface area (Å²) in [6.45, 7) is 5.05. The maximum absolute atomic E-state index is 12.6. The SMILES string of the molecule is O=c1c(Cl)c(N2CCN(CC3CC3)CC2)cnn1-c1ccccc1. The fourth-order valence-electron chi connectivity index (χ4n) is 3.23. The van der Waals surface area contributed by atoms with Crippen LogP contribution in [0.4, 0.5) is 5.69 Å². The van der Waals surface area contributed by atoms with Gasteiger partial charge < -0.3 is 4.90 Å². The van der Waals surface area contributed by atoms with Crippen molar-refractivity contribution in [1.29, 1.82) is 0 Å². The van der Waals surface area contributed by atoms with E-state index in [1.807, 2.05) is 30.3 Å². The first kappa shape index (κ1) is 15.7. The molecule has 0 N–H and O–H groups in total. The second kappa shape index (κ2) is 6.57. The summed E-state index contributed by atoms with van der Waals surface area (Å²) in [7, 11) is 0. The summed E-state index contributed by atoms with van der Waals surface area (Å²) < 4.78 is 1.36. The quantitative estimate of drug-likeness (QED) is 0.854. The Morgan fingerprint density at radius 1 is 1.08 bits per heavy atom. The molecule has 1 saturated carbocycles. The van der Waals surface area contributed by atoms with Crippen LogP contribution in [0.5, 0.6) is 0 Å². The number of benzene rings is 1. The Labute approximate surface area is 146 Å². The van der Waals surface area contributed by atoms with Gasteiger partial charge in [-0.15, -0.1) is 0 Å². The highest BCUT2D eigenvalue weighted by molar-refractivity contribution is 6.33. The zero-order chi connectivity index (χ0) is 16.5. The van der Waals surface area contributed by atoms with Gasteiger partial charge in [0.25, 0.3) is 5.56 Å². The summed E-state index contributed by atoms with van der Waals surface area (Å²) in [4.78, 5) is 17.3. The average Bonchev–Trinajstić information content (AvgIpc) is 3.43. The van der Waals surface area contributed by atoms with Gasteiger partial charge in [0.15, 0.2) is 0 Å². The lowest BCUT2D eigenvalue weighted by atomic mass is 10.2. The highest BCUT2D eigenvalue weighted by atomic mass is 35.5. The molecule has 0 amide bonds. The molecule has 1 saturated heterocycles. The smallest absolute Gasteiger partial charge is 0.292 e. The van der Waals surface area contributed by atoms with Crippen LogP contribution < -0.4 is 10.5 Å². The van der Waals surface area contributed by atoms with Crippen molar-refractivity contribution >= 4 is 17.3 Å². The first-order chi connectivity index (χ1) is 11.7. The third-order valence-electron chi connectivity index (χ3n) is 4.83. The van der Waals surface area contributed by atoms with E-state index in [1.54, 1.807) is 6.20 Å². The molecular weight excluding hydrogens is 324 g/mol. The van der Waals surface area contributed by atoms with Crippen molar-refractivity contribution in [1.82, 2.24) is 14.7 Å². The van der Waals surface area contributed by atoms with Gasteiger partial charge >= 0.3 is 0 Å². The molecule has 1 aliphatic carbocycles. The van der Waals surface area contributed by atoms with E-state index in [1.165, 1.54) is 24.1 Å². The van der Waals surface area contributed by atoms with Gasteiger partial charge in [-0.25, -0.2) is 0 Å². The van der Waals surface area contributed by atoms with Crippen molar-refractivity contribution < 1.29 is 0 Å². The molecule has 0 radical (unpaired) electrons. The Morgan fingerprint density at radius 3 is 2.46 bits per heavy atom. The molecule has 126 valence electrons. The molecule has 0 atom stereocenters. The molecule has 2 aromatic rings. The van der Waals surface area contributed by atoms with Gasteiger partial charge in [0.2, 0.25) is 0 Å². The van der Waals surface area contributed by atoms with E-state index < -0.39 is 0 Å². The Bertz CT molecular complexity index is 764. The van der Waals surface area contributed by atoms with Gasteiger partial charge in [-0.3, -0.25) is 9.69 Å². The number of hydrogen-bond acceptors (Lipinski definition) is 4. The first-order valence-corrected chi connectivity index (χ1v) is 8.91. The number of halogens is 1. The molecule has 1 aromatic carbocycles. The number of piperazine rings is 1. The van der Waals surface area contributed by atoms with Crippen molar-refractivity contribution in [3.8, 4) is 5.69 Å². The van der Waals surface area contributed by atoms with Crippen molar-refractivity contribution in [2.24, 2.45) is 5.92 Å². The number of anilines is 1. The second-order valence-corrected chi connectivity index (χ2v) is 7.01. The number of para-hydroxylation sites is 1. The molecule has 24 heavy (non-hydrogen) atoms.